The second-order valence-electron chi connectivity index (χ2n) is 5.19. The van der Waals surface area contributed by atoms with Gasteiger partial charge in [0, 0.05) is 31.0 Å². The summed E-state index contributed by atoms with van der Waals surface area (Å²) in [5, 5.41) is 3.63. The van der Waals surface area contributed by atoms with Crippen LogP contribution in [0.1, 0.15) is 44.7 Å². The van der Waals surface area contributed by atoms with Crippen LogP contribution in [0.15, 0.2) is 24.5 Å². The Hall–Kier alpha value is -0.930. The number of nitrogens with zero attached hydrogens (tertiary/aromatic N) is 2. The number of hydrogen-bond acceptors (Lipinski definition) is 3. The van der Waals surface area contributed by atoms with E-state index < -0.39 is 0 Å². The average molecular weight is 247 g/mol. The zero-order valence-corrected chi connectivity index (χ0v) is 11.6. The molecule has 3 heteroatoms. The molecule has 1 aliphatic heterocycles. The van der Waals surface area contributed by atoms with Gasteiger partial charge in [-0.1, -0.05) is 6.92 Å². The number of aromatic nitrogens is 1. The van der Waals surface area contributed by atoms with Gasteiger partial charge in [0.25, 0.3) is 0 Å². The summed E-state index contributed by atoms with van der Waals surface area (Å²) in [6.07, 6.45) is 7.52. The van der Waals surface area contributed by atoms with E-state index in [1.165, 1.54) is 37.9 Å². The molecule has 2 heterocycles. The molecule has 2 unspecified atom stereocenters. The lowest BCUT2D eigenvalue weighted by atomic mass is 10.0. The summed E-state index contributed by atoms with van der Waals surface area (Å²) >= 11 is 0. The van der Waals surface area contributed by atoms with E-state index in [4.69, 9.17) is 0 Å². The summed E-state index contributed by atoms with van der Waals surface area (Å²) in [5.74, 6) is 0. The van der Waals surface area contributed by atoms with Crippen molar-refractivity contribution in [1.29, 1.82) is 0 Å². The van der Waals surface area contributed by atoms with Gasteiger partial charge in [0.05, 0.1) is 0 Å². The predicted molar refractivity (Wildman–Crippen MR) is 75.5 cm³/mol. The van der Waals surface area contributed by atoms with Crippen LogP contribution in [0.5, 0.6) is 0 Å². The van der Waals surface area contributed by atoms with Crippen molar-refractivity contribution >= 4 is 0 Å². The van der Waals surface area contributed by atoms with Crippen LogP contribution in [0.4, 0.5) is 0 Å². The Morgan fingerprint density at radius 3 is 2.89 bits per heavy atom. The van der Waals surface area contributed by atoms with Crippen molar-refractivity contribution in [1.82, 2.24) is 15.2 Å². The van der Waals surface area contributed by atoms with Gasteiger partial charge in [-0.3, -0.25) is 9.88 Å². The Kier molecular flexibility index (Phi) is 5.14. The van der Waals surface area contributed by atoms with Crippen LogP contribution in [0.3, 0.4) is 0 Å². The highest BCUT2D eigenvalue weighted by atomic mass is 15.2. The molecule has 0 saturated carbocycles. The number of nitrogens with one attached hydrogen (secondary N) is 1. The van der Waals surface area contributed by atoms with E-state index in [9.17, 15) is 0 Å². The Labute approximate surface area is 111 Å². The molecule has 18 heavy (non-hydrogen) atoms. The van der Waals surface area contributed by atoms with Gasteiger partial charge in [-0.15, -0.1) is 0 Å². The van der Waals surface area contributed by atoms with Crippen molar-refractivity contribution in [3.63, 3.8) is 0 Å². The molecule has 0 aliphatic carbocycles. The first-order valence-electron chi connectivity index (χ1n) is 7.18. The van der Waals surface area contributed by atoms with Crippen LogP contribution < -0.4 is 5.32 Å². The standard InChI is InChI=1S/C15H25N3/c1-3-15-7-12-18(11-4-8-17-15)13(2)14-5-9-16-10-6-14/h5-6,9-10,13,15,17H,3-4,7-8,11-12H2,1-2H3. The number of hydrogen-bond donors (Lipinski definition) is 1. The summed E-state index contributed by atoms with van der Waals surface area (Å²) in [6.45, 7) is 8.11. The molecule has 1 aromatic heterocycles. The molecule has 1 N–H and O–H groups in total. The summed E-state index contributed by atoms with van der Waals surface area (Å²) in [6, 6.07) is 5.47. The fourth-order valence-corrected chi connectivity index (χ4v) is 2.71. The topological polar surface area (TPSA) is 28.2 Å². The molecule has 0 amide bonds. The van der Waals surface area contributed by atoms with Gasteiger partial charge in [0.1, 0.15) is 0 Å². The summed E-state index contributed by atoms with van der Waals surface area (Å²) in [7, 11) is 0. The first kappa shape index (κ1) is 13.5. The van der Waals surface area contributed by atoms with Crippen LogP contribution >= 0.6 is 0 Å². The van der Waals surface area contributed by atoms with Gasteiger partial charge in [-0.05, 0) is 57.0 Å². The van der Waals surface area contributed by atoms with E-state index >= 15 is 0 Å². The Morgan fingerprint density at radius 2 is 2.17 bits per heavy atom. The van der Waals surface area contributed by atoms with Crippen LogP contribution in [0.25, 0.3) is 0 Å². The normalized spacial score (nSPS) is 24.2. The van der Waals surface area contributed by atoms with Crippen LogP contribution in [0, 0.1) is 0 Å². The molecule has 2 atom stereocenters. The third-order valence-electron chi connectivity index (χ3n) is 4.05. The lowest BCUT2D eigenvalue weighted by Crippen LogP contribution is -2.40. The maximum Gasteiger partial charge on any atom is 0.0321 e. The molecular weight excluding hydrogens is 222 g/mol. The van der Waals surface area contributed by atoms with E-state index in [0.717, 1.165) is 6.54 Å². The number of pyridine rings is 1. The lowest BCUT2D eigenvalue weighted by molar-refractivity contribution is 0.181. The first-order valence-corrected chi connectivity index (χ1v) is 7.18. The molecule has 1 fully saturated rings. The summed E-state index contributed by atoms with van der Waals surface area (Å²) in [5.41, 5.74) is 1.38. The van der Waals surface area contributed by atoms with E-state index in [0.29, 0.717) is 12.1 Å². The molecule has 1 saturated heterocycles. The molecule has 0 spiro atoms. The van der Waals surface area contributed by atoms with E-state index in [1.54, 1.807) is 0 Å². The molecule has 3 nitrogen and oxygen atoms in total. The minimum absolute atomic E-state index is 0.503. The van der Waals surface area contributed by atoms with Crippen LogP contribution in [-0.4, -0.2) is 35.6 Å². The van der Waals surface area contributed by atoms with Gasteiger partial charge >= 0.3 is 0 Å². The minimum Gasteiger partial charge on any atom is -0.314 e. The van der Waals surface area contributed by atoms with Crippen molar-refractivity contribution in [3.05, 3.63) is 30.1 Å². The molecule has 2 rings (SSSR count). The number of rotatable bonds is 3. The fourth-order valence-electron chi connectivity index (χ4n) is 2.71. The van der Waals surface area contributed by atoms with Crippen molar-refractivity contribution in [2.45, 2.75) is 45.2 Å². The van der Waals surface area contributed by atoms with E-state index in [2.05, 4.69) is 41.2 Å². The van der Waals surface area contributed by atoms with Crippen molar-refractivity contribution in [2.75, 3.05) is 19.6 Å². The SMILES string of the molecule is CCC1CCN(C(C)c2ccncc2)CCCN1. The van der Waals surface area contributed by atoms with Crippen molar-refractivity contribution in [2.24, 2.45) is 0 Å². The zero-order valence-electron chi connectivity index (χ0n) is 11.6. The van der Waals surface area contributed by atoms with Gasteiger partial charge in [-0.25, -0.2) is 0 Å². The fraction of sp³-hybridized carbons (Fsp3) is 0.667. The molecule has 100 valence electrons. The summed E-state index contributed by atoms with van der Waals surface area (Å²) < 4.78 is 0. The maximum absolute atomic E-state index is 4.10. The molecule has 1 aliphatic rings. The molecule has 0 bridgehead atoms. The Morgan fingerprint density at radius 1 is 1.39 bits per heavy atom. The average Bonchev–Trinajstić information content (AvgIpc) is 2.39. The van der Waals surface area contributed by atoms with E-state index in [1.807, 2.05) is 12.4 Å². The smallest absolute Gasteiger partial charge is 0.0321 e. The largest absolute Gasteiger partial charge is 0.314 e. The second-order valence-corrected chi connectivity index (χ2v) is 5.19. The van der Waals surface area contributed by atoms with Gasteiger partial charge in [-0.2, -0.15) is 0 Å². The first-order chi connectivity index (χ1) is 8.81. The summed E-state index contributed by atoms with van der Waals surface area (Å²) in [4.78, 5) is 6.71. The highest BCUT2D eigenvalue weighted by Gasteiger charge is 2.18. The van der Waals surface area contributed by atoms with Crippen LogP contribution in [0.2, 0.25) is 0 Å². The van der Waals surface area contributed by atoms with E-state index in [-0.39, 0.29) is 0 Å². The molecule has 0 aromatic carbocycles. The maximum atomic E-state index is 4.10. The monoisotopic (exact) mass is 247 g/mol. The zero-order chi connectivity index (χ0) is 12.8. The van der Waals surface area contributed by atoms with Gasteiger partial charge in [0.2, 0.25) is 0 Å². The highest BCUT2D eigenvalue weighted by Crippen LogP contribution is 2.21. The molecule has 0 radical (unpaired) electrons. The van der Waals surface area contributed by atoms with Crippen molar-refractivity contribution in [3.8, 4) is 0 Å². The quantitative estimate of drug-likeness (QED) is 0.890. The third kappa shape index (κ3) is 3.53. The Bertz CT molecular complexity index is 339. The minimum atomic E-state index is 0.503. The van der Waals surface area contributed by atoms with Gasteiger partial charge < -0.3 is 5.32 Å². The Balaban J connectivity index is 1.98. The van der Waals surface area contributed by atoms with Crippen molar-refractivity contribution < 1.29 is 0 Å². The predicted octanol–water partition coefficient (Wildman–Crippen LogP) is 2.61. The third-order valence-corrected chi connectivity index (χ3v) is 4.05. The van der Waals surface area contributed by atoms with Gasteiger partial charge in [0.15, 0.2) is 0 Å². The second kappa shape index (κ2) is 6.86. The highest BCUT2D eigenvalue weighted by molar-refractivity contribution is 5.14. The lowest BCUT2D eigenvalue weighted by Gasteiger charge is -2.33. The molecule has 1 aromatic rings. The molecular formula is C15H25N3. The van der Waals surface area contributed by atoms with Crippen LogP contribution in [-0.2, 0) is 0 Å².